The molecule has 3 N–H and O–H groups in total. The van der Waals surface area contributed by atoms with Gasteiger partial charge >= 0.3 is 12.1 Å². The number of anilines is 1. The minimum Gasteiger partial charge on any atom is -0.475 e. The van der Waals surface area contributed by atoms with Crippen molar-refractivity contribution in [1.29, 1.82) is 0 Å². The summed E-state index contributed by atoms with van der Waals surface area (Å²) < 4.78 is 31.7. The van der Waals surface area contributed by atoms with E-state index in [1.165, 1.54) is 5.56 Å². The summed E-state index contributed by atoms with van der Waals surface area (Å²) in [6, 6.07) is 3.85. The number of aromatic nitrogens is 1. The van der Waals surface area contributed by atoms with Crippen LogP contribution < -0.4 is 5.73 Å². The molecule has 0 fully saturated rings. The van der Waals surface area contributed by atoms with Crippen LogP contribution in [0.4, 0.5) is 19.0 Å². The fourth-order valence-electron chi connectivity index (χ4n) is 0.873. The average molecular weight is 236 g/mol. The fourth-order valence-corrected chi connectivity index (χ4v) is 0.873. The Balaban J connectivity index is 0.000000293. The van der Waals surface area contributed by atoms with Crippen LogP contribution in [0.2, 0.25) is 0 Å². The van der Waals surface area contributed by atoms with Gasteiger partial charge in [-0.05, 0) is 31.5 Å². The number of nitrogens with zero attached hydrogens (tertiary/aromatic N) is 1. The predicted molar refractivity (Wildman–Crippen MR) is 51.8 cm³/mol. The molecule has 0 aliphatic rings. The number of pyridine rings is 1. The van der Waals surface area contributed by atoms with Crippen molar-refractivity contribution < 1.29 is 23.1 Å². The number of hydrogen-bond donors (Lipinski definition) is 2. The van der Waals surface area contributed by atoms with Gasteiger partial charge in [-0.1, -0.05) is 0 Å². The van der Waals surface area contributed by atoms with Crippen molar-refractivity contribution in [3.05, 3.63) is 23.4 Å². The summed E-state index contributed by atoms with van der Waals surface area (Å²) >= 11 is 0. The zero-order valence-electron chi connectivity index (χ0n) is 8.67. The van der Waals surface area contributed by atoms with E-state index in [2.05, 4.69) is 4.98 Å². The molecule has 16 heavy (non-hydrogen) atoms. The van der Waals surface area contributed by atoms with Crippen LogP contribution in [-0.2, 0) is 4.79 Å². The quantitative estimate of drug-likeness (QED) is 0.721. The van der Waals surface area contributed by atoms with Crippen molar-refractivity contribution in [2.45, 2.75) is 20.0 Å². The molecular weight excluding hydrogens is 225 g/mol. The van der Waals surface area contributed by atoms with Crippen LogP contribution in [0.25, 0.3) is 0 Å². The van der Waals surface area contributed by atoms with Gasteiger partial charge in [0.25, 0.3) is 0 Å². The van der Waals surface area contributed by atoms with Crippen LogP contribution >= 0.6 is 0 Å². The lowest BCUT2D eigenvalue weighted by Crippen LogP contribution is -2.21. The number of aryl methyl sites for hydroxylation is 2. The monoisotopic (exact) mass is 236 g/mol. The Morgan fingerprint density at radius 1 is 1.38 bits per heavy atom. The largest absolute Gasteiger partial charge is 0.490 e. The van der Waals surface area contributed by atoms with Gasteiger partial charge in [-0.2, -0.15) is 13.2 Å². The number of hydrogen-bond acceptors (Lipinski definition) is 3. The fraction of sp³-hybridized carbons (Fsp3) is 0.333. The first-order valence-electron chi connectivity index (χ1n) is 4.14. The number of rotatable bonds is 0. The Hall–Kier alpha value is -1.79. The Kier molecular flexibility index (Phi) is 4.74. The maximum Gasteiger partial charge on any atom is 0.490 e. The number of carboxylic acids is 1. The molecule has 0 amide bonds. The number of nitrogens with two attached hydrogens (primary N) is 1. The maximum atomic E-state index is 10.6. The molecule has 1 aromatic heterocycles. The first-order chi connectivity index (χ1) is 7.12. The summed E-state index contributed by atoms with van der Waals surface area (Å²) in [6.45, 7) is 3.94. The second-order valence-electron chi connectivity index (χ2n) is 3.01. The molecule has 0 aromatic carbocycles. The minimum absolute atomic E-state index is 0.604. The third kappa shape index (κ3) is 5.84. The van der Waals surface area contributed by atoms with Gasteiger partial charge in [0.05, 0.1) is 0 Å². The Bertz CT molecular complexity index is 327. The van der Waals surface area contributed by atoms with E-state index < -0.39 is 12.1 Å². The molecule has 1 rings (SSSR count). The average Bonchev–Trinajstić information content (AvgIpc) is 1.99. The zero-order valence-corrected chi connectivity index (χ0v) is 8.67. The molecule has 0 aliphatic heterocycles. The van der Waals surface area contributed by atoms with Crippen molar-refractivity contribution in [2.24, 2.45) is 0 Å². The number of aliphatic carboxylic acids is 1. The molecule has 1 aromatic rings. The van der Waals surface area contributed by atoms with Gasteiger partial charge < -0.3 is 10.8 Å². The normalized spacial score (nSPS) is 10.3. The molecule has 0 spiro atoms. The molecule has 0 saturated carbocycles. The van der Waals surface area contributed by atoms with E-state index >= 15 is 0 Å². The number of carboxylic acid groups (broad SMARTS) is 1. The van der Waals surface area contributed by atoms with Crippen molar-refractivity contribution in [1.82, 2.24) is 4.98 Å². The molecule has 0 unspecified atom stereocenters. The highest BCUT2D eigenvalue weighted by molar-refractivity contribution is 5.73. The van der Waals surface area contributed by atoms with Crippen LogP contribution in [0.1, 0.15) is 11.3 Å². The van der Waals surface area contributed by atoms with Crippen LogP contribution in [-0.4, -0.2) is 22.2 Å². The van der Waals surface area contributed by atoms with Gasteiger partial charge in [0, 0.05) is 5.69 Å². The molecule has 7 heteroatoms. The van der Waals surface area contributed by atoms with Gasteiger partial charge in [-0.25, -0.2) is 9.78 Å². The summed E-state index contributed by atoms with van der Waals surface area (Å²) in [5.41, 5.74) is 7.59. The van der Waals surface area contributed by atoms with Gasteiger partial charge in [-0.15, -0.1) is 0 Å². The van der Waals surface area contributed by atoms with Gasteiger partial charge in [0.15, 0.2) is 0 Å². The highest BCUT2D eigenvalue weighted by Gasteiger charge is 2.38. The molecule has 90 valence electrons. The second kappa shape index (κ2) is 5.34. The van der Waals surface area contributed by atoms with Crippen LogP contribution in [0.3, 0.4) is 0 Å². The Morgan fingerprint density at radius 3 is 2.06 bits per heavy atom. The third-order valence-corrected chi connectivity index (χ3v) is 1.36. The van der Waals surface area contributed by atoms with Crippen LogP contribution in [0.5, 0.6) is 0 Å². The molecule has 0 aliphatic carbocycles. The number of alkyl halides is 3. The summed E-state index contributed by atoms with van der Waals surface area (Å²) in [6.07, 6.45) is -5.08. The smallest absolute Gasteiger partial charge is 0.475 e. The predicted octanol–water partition coefficient (Wildman–Crippen LogP) is 1.91. The molecule has 0 atom stereocenters. The van der Waals surface area contributed by atoms with Crippen molar-refractivity contribution in [3.8, 4) is 0 Å². The highest BCUT2D eigenvalue weighted by atomic mass is 19.4. The van der Waals surface area contributed by atoms with E-state index in [0.717, 1.165) is 5.69 Å². The SMILES string of the molecule is Cc1cc(C)nc(N)c1.O=C(O)C(F)(F)F. The van der Waals surface area contributed by atoms with E-state index in [9.17, 15) is 13.2 Å². The topological polar surface area (TPSA) is 76.2 Å². The summed E-state index contributed by atoms with van der Waals surface area (Å²) in [5.74, 6) is -2.15. The summed E-state index contributed by atoms with van der Waals surface area (Å²) in [4.78, 5) is 12.9. The van der Waals surface area contributed by atoms with E-state index in [1.54, 1.807) is 0 Å². The molecular formula is C9H11F3N2O2. The Labute approximate surface area is 89.9 Å². The standard InChI is InChI=1S/C7H10N2.C2HF3O2/c1-5-3-6(2)9-7(8)4-5;3-2(4,5)1(6)7/h3-4H,1-2H3,(H2,8,9);(H,6,7). The van der Waals surface area contributed by atoms with E-state index in [1.807, 2.05) is 26.0 Å². The van der Waals surface area contributed by atoms with Crippen LogP contribution in [0, 0.1) is 13.8 Å². The lowest BCUT2D eigenvalue weighted by atomic mass is 10.2. The molecule has 1 heterocycles. The first-order valence-corrected chi connectivity index (χ1v) is 4.14. The van der Waals surface area contributed by atoms with Crippen molar-refractivity contribution >= 4 is 11.8 Å². The first kappa shape index (κ1) is 14.2. The van der Waals surface area contributed by atoms with Crippen LogP contribution in [0.15, 0.2) is 12.1 Å². The van der Waals surface area contributed by atoms with Gasteiger partial charge in [0.1, 0.15) is 5.82 Å². The van der Waals surface area contributed by atoms with E-state index in [-0.39, 0.29) is 0 Å². The van der Waals surface area contributed by atoms with E-state index in [4.69, 9.17) is 15.6 Å². The summed E-state index contributed by atoms with van der Waals surface area (Å²) in [5, 5.41) is 7.12. The van der Waals surface area contributed by atoms with Gasteiger partial charge in [0.2, 0.25) is 0 Å². The zero-order chi connectivity index (χ0) is 12.9. The van der Waals surface area contributed by atoms with Crippen molar-refractivity contribution in [3.63, 3.8) is 0 Å². The lowest BCUT2D eigenvalue weighted by Gasteiger charge is -1.96. The number of nitrogen functional groups attached to an aromatic ring is 1. The molecule has 4 nitrogen and oxygen atoms in total. The molecule has 0 saturated heterocycles. The second-order valence-corrected chi connectivity index (χ2v) is 3.01. The maximum absolute atomic E-state index is 10.6. The minimum atomic E-state index is -5.08. The third-order valence-electron chi connectivity index (χ3n) is 1.36. The van der Waals surface area contributed by atoms with Gasteiger partial charge in [-0.3, -0.25) is 0 Å². The number of carbonyl (C=O) groups is 1. The highest BCUT2D eigenvalue weighted by Crippen LogP contribution is 2.13. The molecule has 0 bridgehead atoms. The lowest BCUT2D eigenvalue weighted by molar-refractivity contribution is -0.192. The Morgan fingerprint density at radius 2 is 1.81 bits per heavy atom. The van der Waals surface area contributed by atoms with E-state index in [0.29, 0.717) is 5.82 Å². The molecule has 0 radical (unpaired) electrons. The number of halogens is 3. The summed E-state index contributed by atoms with van der Waals surface area (Å²) in [7, 11) is 0. The van der Waals surface area contributed by atoms with Crippen molar-refractivity contribution in [2.75, 3.05) is 5.73 Å².